The Morgan fingerprint density at radius 2 is 2.11 bits per heavy atom. The van der Waals surface area contributed by atoms with Crippen molar-refractivity contribution in [1.29, 1.82) is 0 Å². The molecule has 1 aromatic carbocycles. The minimum absolute atomic E-state index is 0.347. The van der Waals surface area contributed by atoms with E-state index >= 15 is 0 Å². The van der Waals surface area contributed by atoms with Crippen LogP contribution >= 0.6 is 0 Å². The molecule has 3 rings (SSSR count). The van der Waals surface area contributed by atoms with Crippen molar-refractivity contribution >= 4 is 21.8 Å². The van der Waals surface area contributed by atoms with E-state index in [1.54, 1.807) is 6.20 Å². The van der Waals surface area contributed by atoms with Crippen LogP contribution in [-0.4, -0.2) is 23.2 Å². The van der Waals surface area contributed by atoms with Gasteiger partial charge in [0.1, 0.15) is 5.75 Å². The Kier molecular flexibility index (Phi) is 2.84. The number of pyridine rings is 1. The summed E-state index contributed by atoms with van der Waals surface area (Å²) in [7, 11) is 0. The van der Waals surface area contributed by atoms with Crippen LogP contribution in [0.25, 0.3) is 21.8 Å². The SMILES string of the molecule is FCCCOc1ccc2c(c1)[nH]c1ccncc12. The van der Waals surface area contributed by atoms with Crippen LogP contribution in [0.1, 0.15) is 6.42 Å². The lowest BCUT2D eigenvalue weighted by Crippen LogP contribution is -1.97. The number of H-pyrrole nitrogens is 1. The van der Waals surface area contributed by atoms with E-state index in [1.807, 2.05) is 30.5 Å². The number of aromatic nitrogens is 2. The van der Waals surface area contributed by atoms with Crippen LogP contribution in [0.5, 0.6) is 5.75 Å². The van der Waals surface area contributed by atoms with Gasteiger partial charge in [-0.1, -0.05) is 0 Å². The lowest BCUT2D eigenvalue weighted by atomic mass is 10.2. The fourth-order valence-electron chi connectivity index (χ4n) is 2.06. The second kappa shape index (κ2) is 4.64. The third-order valence-electron chi connectivity index (χ3n) is 2.92. The first-order valence-electron chi connectivity index (χ1n) is 5.93. The number of alkyl halides is 1. The van der Waals surface area contributed by atoms with Gasteiger partial charge in [-0.15, -0.1) is 0 Å². The van der Waals surface area contributed by atoms with Crippen LogP contribution in [0, 0.1) is 0 Å². The van der Waals surface area contributed by atoms with Crippen LogP contribution in [0.3, 0.4) is 0 Å². The van der Waals surface area contributed by atoms with Crippen molar-refractivity contribution in [2.24, 2.45) is 0 Å². The number of aromatic amines is 1. The fourth-order valence-corrected chi connectivity index (χ4v) is 2.06. The first-order chi connectivity index (χ1) is 8.88. The molecule has 18 heavy (non-hydrogen) atoms. The molecule has 0 saturated carbocycles. The van der Waals surface area contributed by atoms with Crippen molar-refractivity contribution in [3.05, 3.63) is 36.7 Å². The lowest BCUT2D eigenvalue weighted by Gasteiger charge is -2.04. The molecule has 0 aliphatic rings. The van der Waals surface area contributed by atoms with Crippen LogP contribution in [0.15, 0.2) is 36.7 Å². The van der Waals surface area contributed by atoms with Crippen molar-refractivity contribution in [2.45, 2.75) is 6.42 Å². The predicted molar refractivity (Wildman–Crippen MR) is 69.7 cm³/mol. The second-order valence-corrected chi connectivity index (χ2v) is 4.14. The highest BCUT2D eigenvalue weighted by atomic mass is 19.1. The molecule has 0 spiro atoms. The number of ether oxygens (including phenoxy) is 1. The summed E-state index contributed by atoms with van der Waals surface area (Å²) in [6.07, 6.45) is 4.03. The Morgan fingerprint density at radius 1 is 1.17 bits per heavy atom. The molecule has 0 atom stereocenters. The zero-order valence-corrected chi connectivity index (χ0v) is 9.82. The Labute approximate surface area is 104 Å². The topological polar surface area (TPSA) is 37.9 Å². The van der Waals surface area contributed by atoms with E-state index in [2.05, 4.69) is 9.97 Å². The average Bonchev–Trinajstić information content (AvgIpc) is 2.76. The molecule has 0 unspecified atom stereocenters. The van der Waals surface area contributed by atoms with E-state index in [1.165, 1.54) is 0 Å². The number of fused-ring (bicyclic) bond motifs is 3. The van der Waals surface area contributed by atoms with Crippen molar-refractivity contribution in [3.63, 3.8) is 0 Å². The third kappa shape index (κ3) is 1.90. The van der Waals surface area contributed by atoms with Gasteiger partial charge in [-0.05, 0) is 18.2 Å². The van der Waals surface area contributed by atoms with Gasteiger partial charge in [-0.3, -0.25) is 9.37 Å². The molecule has 0 saturated heterocycles. The molecule has 2 heterocycles. The van der Waals surface area contributed by atoms with Crippen LogP contribution in [0.2, 0.25) is 0 Å². The molecule has 3 aromatic rings. The third-order valence-corrected chi connectivity index (χ3v) is 2.92. The molecule has 2 aromatic heterocycles. The first kappa shape index (κ1) is 11.0. The normalized spacial score (nSPS) is 11.2. The van der Waals surface area contributed by atoms with Gasteiger partial charge in [0.15, 0.2) is 0 Å². The van der Waals surface area contributed by atoms with Crippen molar-refractivity contribution in [3.8, 4) is 5.75 Å². The van der Waals surface area contributed by atoms with Gasteiger partial charge in [-0.25, -0.2) is 0 Å². The summed E-state index contributed by atoms with van der Waals surface area (Å²) in [5.74, 6) is 0.760. The Balaban J connectivity index is 1.99. The van der Waals surface area contributed by atoms with Crippen LogP contribution in [-0.2, 0) is 0 Å². The summed E-state index contributed by atoms with van der Waals surface area (Å²) in [5.41, 5.74) is 2.07. The second-order valence-electron chi connectivity index (χ2n) is 4.14. The highest BCUT2D eigenvalue weighted by Crippen LogP contribution is 2.27. The lowest BCUT2D eigenvalue weighted by molar-refractivity contribution is 0.290. The minimum atomic E-state index is -0.347. The zero-order chi connectivity index (χ0) is 12.4. The molecule has 92 valence electrons. The maximum absolute atomic E-state index is 12.0. The molecule has 3 nitrogen and oxygen atoms in total. The monoisotopic (exact) mass is 244 g/mol. The average molecular weight is 244 g/mol. The molecule has 0 amide bonds. The van der Waals surface area contributed by atoms with Crippen molar-refractivity contribution in [2.75, 3.05) is 13.3 Å². The number of hydrogen-bond acceptors (Lipinski definition) is 2. The fraction of sp³-hybridized carbons (Fsp3) is 0.214. The van der Waals surface area contributed by atoms with E-state index in [-0.39, 0.29) is 6.67 Å². The number of nitrogens with one attached hydrogen (secondary N) is 1. The summed E-state index contributed by atoms with van der Waals surface area (Å²) >= 11 is 0. The van der Waals surface area contributed by atoms with Gasteiger partial charge in [0, 0.05) is 41.2 Å². The standard InChI is InChI=1S/C14H13FN2O/c15-5-1-7-18-10-2-3-11-12-9-16-6-4-13(12)17-14(11)8-10/h2-4,6,8-9,17H,1,5,7H2. The molecule has 0 aliphatic carbocycles. The predicted octanol–water partition coefficient (Wildman–Crippen LogP) is 3.45. The number of nitrogens with zero attached hydrogens (tertiary/aromatic N) is 1. The molecule has 1 N–H and O–H groups in total. The molecular weight excluding hydrogens is 231 g/mol. The molecule has 0 fully saturated rings. The van der Waals surface area contributed by atoms with Crippen LogP contribution < -0.4 is 4.74 Å². The number of rotatable bonds is 4. The Morgan fingerprint density at radius 3 is 3.00 bits per heavy atom. The summed E-state index contributed by atoms with van der Waals surface area (Å²) < 4.78 is 17.5. The highest BCUT2D eigenvalue weighted by Gasteiger charge is 2.05. The van der Waals surface area contributed by atoms with E-state index in [0.29, 0.717) is 13.0 Å². The maximum Gasteiger partial charge on any atom is 0.121 e. The van der Waals surface area contributed by atoms with E-state index in [9.17, 15) is 4.39 Å². The van der Waals surface area contributed by atoms with Gasteiger partial charge < -0.3 is 9.72 Å². The van der Waals surface area contributed by atoms with E-state index in [0.717, 1.165) is 27.6 Å². The Bertz CT molecular complexity index is 678. The van der Waals surface area contributed by atoms with E-state index in [4.69, 9.17) is 4.74 Å². The molecular formula is C14H13FN2O. The number of hydrogen-bond donors (Lipinski definition) is 1. The molecule has 0 radical (unpaired) electrons. The quantitative estimate of drug-likeness (QED) is 0.714. The van der Waals surface area contributed by atoms with Gasteiger partial charge in [0.25, 0.3) is 0 Å². The van der Waals surface area contributed by atoms with Gasteiger partial charge >= 0.3 is 0 Å². The smallest absolute Gasteiger partial charge is 0.121 e. The molecule has 0 bridgehead atoms. The summed E-state index contributed by atoms with van der Waals surface area (Å²) in [6, 6.07) is 7.79. The van der Waals surface area contributed by atoms with Crippen molar-refractivity contribution in [1.82, 2.24) is 9.97 Å². The summed E-state index contributed by atoms with van der Waals surface area (Å²) in [4.78, 5) is 7.44. The number of benzene rings is 1. The van der Waals surface area contributed by atoms with Gasteiger partial charge in [0.05, 0.1) is 18.8 Å². The van der Waals surface area contributed by atoms with E-state index < -0.39 is 0 Å². The largest absolute Gasteiger partial charge is 0.493 e. The maximum atomic E-state index is 12.0. The number of halogens is 1. The summed E-state index contributed by atoms with van der Waals surface area (Å²) in [6.45, 7) is 0.0596. The van der Waals surface area contributed by atoms with Crippen molar-refractivity contribution < 1.29 is 9.13 Å². The van der Waals surface area contributed by atoms with Gasteiger partial charge in [-0.2, -0.15) is 0 Å². The van der Waals surface area contributed by atoms with Crippen LogP contribution in [0.4, 0.5) is 4.39 Å². The Hall–Kier alpha value is -2.10. The highest BCUT2D eigenvalue weighted by molar-refractivity contribution is 6.07. The first-order valence-corrected chi connectivity index (χ1v) is 5.93. The molecule has 4 heteroatoms. The molecule has 0 aliphatic heterocycles. The van der Waals surface area contributed by atoms with Gasteiger partial charge in [0.2, 0.25) is 0 Å². The summed E-state index contributed by atoms with van der Waals surface area (Å²) in [5, 5.41) is 2.22. The minimum Gasteiger partial charge on any atom is -0.493 e. The zero-order valence-electron chi connectivity index (χ0n) is 9.82.